The van der Waals surface area contributed by atoms with Gasteiger partial charge in [0.1, 0.15) is 0 Å². The zero-order valence-electron chi connectivity index (χ0n) is 13.5. The molecule has 0 spiro atoms. The number of nitrogens with two attached hydrogens (primary N) is 1. The Morgan fingerprint density at radius 1 is 1.17 bits per heavy atom. The Bertz CT molecular complexity index is 496. The van der Waals surface area contributed by atoms with Crippen LogP contribution in [0.4, 0.5) is 0 Å². The van der Waals surface area contributed by atoms with E-state index in [1.807, 2.05) is 13.8 Å². The fourth-order valence-corrected chi connectivity index (χ4v) is 2.38. The summed E-state index contributed by atoms with van der Waals surface area (Å²) in [5, 5.41) is 5.72. The third-order valence-corrected chi connectivity index (χ3v) is 4.42. The number of rotatable bonds is 8. The Labute approximate surface area is 152 Å². The van der Waals surface area contributed by atoms with Gasteiger partial charge in [-0.15, -0.1) is 12.4 Å². The highest BCUT2D eigenvalue weighted by molar-refractivity contribution is 9.10. The minimum atomic E-state index is -0.340. The second kappa shape index (κ2) is 10.6. The van der Waals surface area contributed by atoms with Crippen molar-refractivity contribution in [1.82, 2.24) is 10.6 Å². The first-order chi connectivity index (χ1) is 10.5. The fourth-order valence-electron chi connectivity index (χ4n) is 2.12. The highest BCUT2D eigenvalue weighted by atomic mass is 79.9. The van der Waals surface area contributed by atoms with E-state index in [9.17, 15) is 9.59 Å². The first-order valence-electron chi connectivity index (χ1n) is 7.51. The van der Waals surface area contributed by atoms with E-state index in [2.05, 4.69) is 26.6 Å². The molecule has 0 unspecified atom stereocenters. The van der Waals surface area contributed by atoms with Gasteiger partial charge < -0.3 is 16.4 Å². The average Bonchev–Trinajstić information content (AvgIpc) is 2.53. The van der Waals surface area contributed by atoms with E-state index in [1.54, 1.807) is 24.3 Å². The zero-order valence-corrected chi connectivity index (χ0v) is 15.9. The lowest BCUT2D eigenvalue weighted by Gasteiger charge is -2.31. The van der Waals surface area contributed by atoms with Crippen LogP contribution in [-0.4, -0.2) is 30.4 Å². The largest absolute Gasteiger partial charge is 0.352 e. The average molecular weight is 407 g/mol. The molecule has 1 aromatic rings. The van der Waals surface area contributed by atoms with Crippen LogP contribution in [0.1, 0.15) is 43.5 Å². The monoisotopic (exact) mass is 405 g/mol. The predicted octanol–water partition coefficient (Wildman–Crippen LogP) is 2.62. The molecule has 0 aliphatic rings. The highest BCUT2D eigenvalue weighted by Crippen LogP contribution is 2.13. The SMILES string of the molecule is CCC(CC)(CN)NC(=O)CCNC(=O)c1ccc(Br)cc1.Cl. The van der Waals surface area contributed by atoms with Gasteiger partial charge in [0.15, 0.2) is 0 Å². The normalized spacial score (nSPS) is 10.6. The summed E-state index contributed by atoms with van der Waals surface area (Å²) in [5.41, 5.74) is 5.98. The number of nitrogens with one attached hydrogen (secondary N) is 2. The van der Waals surface area contributed by atoms with Gasteiger partial charge in [-0.3, -0.25) is 9.59 Å². The minimum absolute atomic E-state index is 0. The summed E-state index contributed by atoms with van der Waals surface area (Å²) in [6, 6.07) is 7.07. The molecule has 0 saturated carbocycles. The van der Waals surface area contributed by atoms with Gasteiger partial charge in [-0.2, -0.15) is 0 Å². The number of hydrogen-bond donors (Lipinski definition) is 3. The molecule has 1 aromatic carbocycles. The van der Waals surface area contributed by atoms with Crippen molar-refractivity contribution in [2.45, 2.75) is 38.6 Å². The maximum Gasteiger partial charge on any atom is 0.251 e. The second-order valence-corrected chi connectivity index (χ2v) is 6.17. The Morgan fingerprint density at radius 3 is 2.22 bits per heavy atom. The molecular weight excluding hydrogens is 382 g/mol. The summed E-state index contributed by atoms with van der Waals surface area (Å²) in [6.07, 6.45) is 1.82. The first-order valence-corrected chi connectivity index (χ1v) is 8.30. The summed E-state index contributed by atoms with van der Waals surface area (Å²) in [5.74, 6) is -0.276. The number of amides is 2. The standard InChI is InChI=1S/C16H24BrN3O2.ClH/c1-3-16(4-2,11-18)20-14(21)9-10-19-15(22)12-5-7-13(17)8-6-12;/h5-8H,3-4,9-11,18H2,1-2H3,(H,19,22)(H,20,21);1H. The van der Waals surface area contributed by atoms with Crippen molar-refractivity contribution in [1.29, 1.82) is 0 Å². The van der Waals surface area contributed by atoms with Crippen LogP contribution >= 0.6 is 28.3 Å². The molecule has 0 bridgehead atoms. The molecule has 7 heteroatoms. The first kappa shape index (κ1) is 21.9. The lowest BCUT2D eigenvalue weighted by molar-refractivity contribution is -0.122. The van der Waals surface area contributed by atoms with Crippen molar-refractivity contribution in [3.63, 3.8) is 0 Å². The number of carbonyl (C=O) groups excluding carboxylic acids is 2. The molecule has 0 radical (unpaired) electrons. The van der Waals surface area contributed by atoms with Crippen molar-refractivity contribution < 1.29 is 9.59 Å². The van der Waals surface area contributed by atoms with Gasteiger partial charge in [0.25, 0.3) is 5.91 Å². The molecule has 1 rings (SSSR count). The summed E-state index contributed by atoms with van der Waals surface area (Å²) in [4.78, 5) is 23.9. The van der Waals surface area contributed by atoms with E-state index < -0.39 is 0 Å². The predicted molar refractivity (Wildman–Crippen MR) is 98.9 cm³/mol. The van der Waals surface area contributed by atoms with Crippen LogP contribution in [0.25, 0.3) is 0 Å². The molecular formula is C16H25BrClN3O2. The molecule has 0 aliphatic heterocycles. The highest BCUT2D eigenvalue weighted by Gasteiger charge is 2.25. The molecule has 130 valence electrons. The molecule has 0 saturated heterocycles. The third-order valence-electron chi connectivity index (χ3n) is 3.89. The van der Waals surface area contributed by atoms with E-state index in [1.165, 1.54) is 0 Å². The number of halogens is 2. The van der Waals surface area contributed by atoms with Crippen LogP contribution in [0.15, 0.2) is 28.7 Å². The quantitative estimate of drug-likeness (QED) is 0.620. The third kappa shape index (κ3) is 6.89. The Hall–Kier alpha value is -1.11. The molecule has 0 aromatic heterocycles. The molecule has 4 N–H and O–H groups in total. The maximum atomic E-state index is 12.0. The van der Waals surface area contributed by atoms with E-state index in [0.717, 1.165) is 17.3 Å². The van der Waals surface area contributed by atoms with E-state index in [0.29, 0.717) is 18.7 Å². The van der Waals surface area contributed by atoms with Gasteiger partial charge in [-0.1, -0.05) is 29.8 Å². The minimum Gasteiger partial charge on any atom is -0.352 e. The molecule has 0 aliphatic carbocycles. The number of hydrogen-bond acceptors (Lipinski definition) is 3. The molecule has 0 fully saturated rings. The fraction of sp³-hybridized carbons (Fsp3) is 0.500. The van der Waals surface area contributed by atoms with Gasteiger partial charge >= 0.3 is 0 Å². The Kier molecular flexibility index (Phi) is 10.1. The maximum absolute atomic E-state index is 12.0. The van der Waals surface area contributed by atoms with Crippen molar-refractivity contribution >= 4 is 40.2 Å². The van der Waals surface area contributed by atoms with E-state index in [-0.39, 0.29) is 36.2 Å². The summed E-state index contributed by atoms with van der Waals surface area (Å²) in [7, 11) is 0. The molecule has 5 nitrogen and oxygen atoms in total. The lowest BCUT2D eigenvalue weighted by atomic mass is 9.93. The summed E-state index contributed by atoms with van der Waals surface area (Å²) >= 11 is 3.32. The van der Waals surface area contributed by atoms with Gasteiger partial charge in [0, 0.05) is 29.5 Å². The Balaban J connectivity index is 0.00000484. The van der Waals surface area contributed by atoms with Crippen molar-refractivity contribution in [3.05, 3.63) is 34.3 Å². The van der Waals surface area contributed by atoms with Crippen molar-refractivity contribution in [3.8, 4) is 0 Å². The van der Waals surface area contributed by atoms with Gasteiger partial charge in [0.05, 0.1) is 5.54 Å². The van der Waals surface area contributed by atoms with Crippen LogP contribution < -0.4 is 16.4 Å². The molecule has 0 heterocycles. The molecule has 23 heavy (non-hydrogen) atoms. The lowest BCUT2D eigenvalue weighted by Crippen LogP contribution is -2.53. The zero-order chi connectivity index (χ0) is 16.6. The van der Waals surface area contributed by atoms with Crippen LogP contribution in [0.2, 0.25) is 0 Å². The van der Waals surface area contributed by atoms with Gasteiger partial charge in [-0.05, 0) is 37.1 Å². The van der Waals surface area contributed by atoms with Crippen LogP contribution in [0, 0.1) is 0 Å². The van der Waals surface area contributed by atoms with Gasteiger partial charge in [-0.25, -0.2) is 0 Å². The van der Waals surface area contributed by atoms with Crippen molar-refractivity contribution in [2.24, 2.45) is 5.73 Å². The van der Waals surface area contributed by atoms with Crippen LogP contribution in [-0.2, 0) is 4.79 Å². The number of benzene rings is 1. The second-order valence-electron chi connectivity index (χ2n) is 5.25. The van der Waals surface area contributed by atoms with Crippen LogP contribution in [0.5, 0.6) is 0 Å². The summed E-state index contributed by atoms with van der Waals surface area (Å²) < 4.78 is 0.917. The van der Waals surface area contributed by atoms with E-state index in [4.69, 9.17) is 5.73 Å². The van der Waals surface area contributed by atoms with Crippen LogP contribution in [0.3, 0.4) is 0 Å². The van der Waals surface area contributed by atoms with Crippen molar-refractivity contribution in [2.75, 3.05) is 13.1 Å². The summed E-state index contributed by atoms with van der Waals surface area (Å²) in [6.45, 7) is 4.73. The topological polar surface area (TPSA) is 84.2 Å². The number of carbonyl (C=O) groups is 2. The smallest absolute Gasteiger partial charge is 0.251 e. The molecule has 0 atom stereocenters. The van der Waals surface area contributed by atoms with Gasteiger partial charge in [0.2, 0.25) is 5.91 Å². The molecule has 2 amide bonds. The van der Waals surface area contributed by atoms with E-state index >= 15 is 0 Å². The Morgan fingerprint density at radius 2 is 1.74 bits per heavy atom.